The number of carbonyl (C=O) groups is 3. The fourth-order valence-corrected chi connectivity index (χ4v) is 4.28. The average Bonchev–Trinajstić information content (AvgIpc) is 3.46. The van der Waals surface area contributed by atoms with Gasteiger partial charge in [-0.3, -0.25) is 14.4 Å². The lowest BCUT2D eigenvalue weighted by molar-refractivity contribution is -0.155. The zero-order valence-electron chi connectivity index (χ0n) is 20.4. The quantitative estimate of drug-likeness (QED) is 0.489. The molecule has 1 N–H and O–H groups in total. The number of rotatable bonds is 10. The second-order valence-corrected chi connectivity index (χ2v) is 10.2. The minimum atomic E-state index is -0.765. The third-order valence-electron chi connectivity index (χ3n) is 4.98. The van der Waals surface area contributed by atoms with Gasteiger partial charge in [0.05, 0.1) is 24.8 Å². The Morgan fingerprint density at radius 3 is 2.51 bits per heavy atom. The van der Waals surface area contributed by atoms with Crippen molar-refractivity contribution in [2.45, 2.75) is 64.4 Å². The minimum absolute atomic E-state index is 0.114. The van der Waals surface area contributed by atoms with Gasteiger partial charge in [0, 0.05) is 11.3 Å². The fourth-order valence-electron chi connectivity index (χ4n) is 3.37. The monoisotopic (exact) mass is 501 g/mol. The molecule has 188 valence electrons. The van der Waals surface area contributed by atoms with Crippen molar-refractivity contribution in [2.75, 3.05) is 7.11 Å². The number of hydrogen-bond donors (Lipinski definition) is 1. The first-order chi connectivity index (χ1) is 16.6. The first kappa shape index (κ1) is 26.3. The van der Waals surface area contributed by atoms with Gasteiger partial charge in [-0.2, -0.15) is 0 Å². The summed E-state index contributed by atoms with van der Waals surface area (Å²) in [7, 11) is 1.34. The van der Waals surface area contributed by atoms with Crippen LogP contribution in [0, 0.1) is 0 Å². The normalized spacial score (nSPS) is 15.9. The second-order valence-electron chi connectivity index (χ2n) is 9.05. The van der Waals surface area contributed by atoms with E-state index in [2.05, 4.69) is 10.1 Å². The van der Waals surface area contributed by atoms with Crippen LogP contribution in [0.4, 0.5) is 0 Å². The van der Waals surface area contributed by atoms with E-state index in [0.29, 0.717) is 23.5 Å². The number of thiophene rings is 1. The van der Waals surface area contributed by atoms with Crippen molar-refractivity contribution in [1.82, 2.24) is 5.32 Å². The third kappa shape index (κ3) is 8.43. The van der Waals surface area contributed by atoms with Crippen LogP contribution in [0.1, 0.15) is 53.7 Å². The molecule has 0 bridgehead atoms. The third-order valence-corrected chi connectivity index (χ3v) is 6.12. The SMILES string of the molecule is COC(=O)CCc1ccc(C(=O)NC(CC(=O)OC(C)(C)C)C2=COC(Cc3ccccc3)O2)s1. The summed E-state index contributed by atoms with van der Waals surface area (Å²) in [4.78, 5) is 38.3. The predicted octanol–water partition coefficient (Wildman–Crippen LogP) is 4.14. The van der Waals surface area contributed by atoms with Gasteiger partial charge in [0.15, 0.2) is 5.76 Å². The Labute approximate surface area is 209 Å². The molecule has 1 aliphatic rings. The van der Waals surface area contributed by atoms with Gasteiger partial charge in [0.2, 0.25) is 6.29 Å². The molecule has 1 aromatic carbocycles. The van der Waals surface area contributed by atoms with Crippen LogP contribution in [0.25, 0.3) is 0 Å². The van der Waals surface area contributed by atoms with E-state index in [4.69, 9.17) is 14.2 Å². The number of methoxy groups -OCH3 is 1. The number of amides is 1. The first-order valence-electron chi connectivity index (χ1n) is 11.4. The van der Waals surface area contributed by atoms with Crippen molar-refractivity contribution in [3.05, 3.63) is 69.8 Å². The first-order valence-corrected chi connectivity index (χ1v) is 12.2. The van der Waals surface area contributed by atoms with E-state index in [1.807, 2.05) is 30.3 Å². The summed E-state index contributed by atoms with van der Waals surface area (Å²) in [5.41, 5.74) is 0.378. The molecule has 0 aliphatic carbocycles. The molecule has 0 saturated carbocycles. The van der Waals surface area contributed by atoms with Crippen molar-refractivity contribution in [1.29, 1.82) is 0 Å². The highest BCUT2D eigenvalue weighted by Gasteiger charge is 2.31. The Bertz CT molecular complexity index is 1060. The molecule has 1 aliphatic heterocycles. The maximum atomic E-state index is 13.0. The predicted molar refractivity (Wildman–Crippen MR) is 131 cm³/mol. The minimum Gasteiger partial charge on any atom is -0.469 e. The number of hydrogen-bond acceptors (Lipinski definition) is 8. The van der Waals surface area contributed by atoms with Crippen LogP contribution in [0.3, 0.4) is 0 Å². The standard InChI is InChI=1S/C26H31NO7S/c1-26(2,3)34-23(29)15-19(20-16-32-24(33-20)14-17-8-6-5-7-9-17)27-25(30)21-12-10-18(35-21)11-13-22(28)31-4/h5-10,12,16,19,24H,11,13-15H2,1-4H3,(H,27,30). The molecule has 0 spiro atoms. The highest BCUT2D eigenvalue weighted by molar-refractivity contribution is 7.14. The van der Waals surface area contributed by atoms with E-state index in [9.17, 15) is 14.4 Å². The Morgan fingerprint density at radius 1 is 1.09 bits per heavy atom. The summed E-state index contributed by atoms with van der Waals surface area (Å²) in [5, 5.41) is 2.87. The van der Waals surface area contributed by atoms with Crippen LogP contribution < -0.4 is 5.32 Å². The van der Waals surface area contributed by atoms with Gasteiger partial charge in [0.1, 0.15) is 17.9 Å². The van der Waals surface area contributed by atoms with Crippen molar-refractivity contribution < 1.29 is 33.3 Å². The van der Waals surface area contributed by atoms with Gasteiger partial charge in [-0.05, 0) is 44.9 Å². The molecule has 2 unspecified atom stereocenters. The molecule has 0 radical (unpaired) electrons. The van der Waals surface area contributed by atoms with Gasteiger partial charge in [0.25, 0.3) is 5.91 Å². The molecule has 2 aromatic rings. The maximum Gasteiger partial charge on any atom is 0.308 e. The number of carbonyl (C=O) groups excluding carboxylic acids is 3. The van der Waals surface area contributed by atoms with Crippen LogP contribution in [0.5, 0.6) is 0 Å². The molecule has 9 heteroatoms. The zero-order valence-corrected chi connectivity index (χ0v) is 21.2. The van der Waals surface area contributed by atoms with E-state index >= 15 is 0 Å². The molecule has 2 atom stereocenters. The van der Waals surface area contributed by atoms with Crippen LogP contribution in [-0.4, -0.2) is 42.9 Å². The summed E-state index contributed by atoms with van der Waals surface area (Å²) < 4.78 is 21.7. The number of esters is 2. The maximum absolute atomic E-state index is 13.0. The Balaban J connectivity index is 1.66. The highest BCUT2D eigenvalue weighted by atomic mass is 32.1. The summed E-state index contributed by atoms with van der Waals surface area (Å²) >= 11 is 1.28. The number of aryl methyl sites for hydroxylation is 1. The molecular weight excluding hydrogens is 470 g/mol. The van der Waals surface area contributed by atoms with Gasteiger partial charge in [-0.1, -0.05) is 30.3 Å². The smallest absolute Gasteiger partial charge is 0.308 e. The molecule has 0 saturated heterocycles. The Kier molecular flexibility index (Phi) is 8.92. The highest BCUT2D eigenvalue weighted by Crippen LogP contribution is 2.25. The number of ether oxygens (including phenoxy) is 4. The summed E-state index contributed by atoms with van der Waals surface area (Å²) in [6.07, 6.45) is 2.01. The topological polar surface area (TPSA) is 100 Å². The lowest BCUT2D eigenvalue weighted by Gasteiger charge is -2.23. The largest absolute Gasteiger partial charge is 0.469 e. The molecule has 1 amide bonds. The summed E-state index contributed by atoms with van der Waals surface area (Å²) in [6.45, 7) is 5.35. The van der Waals surface area contributed by atoms with E-state index in [1.54, 1.807) is 32.9 Å². The molecule has 0 fully saturated rings. The van der Waals surface area contributed by atoms with Crippen LogP contribution >= 0.6 is 11.3 Å². The van der Waals surface area contributed by atoms with Gasteiger partial charge in [-0.15, -0.1) is 11.3 Å². The molecule has 2 heterocycles. The van der Waals surface area contributed by atoms with E-state index < -0.39 is 23.9 Å². The summed E-state index contributed by atoms with van der Waals surface area (Å²) in [6, 6.07) is 12.5. The van der Waals surface area contributed by atoms with E-state index in [0.717, 1.165) is 10.4 Å². The lowest BCUT2D eigenvalue weighted by Crippen LogP contribution is -2.39. The Morgan fingerprint density at radius 2 is 1.83 bits per heavy atom. The van der Waals surface area contributed by atoms with Crippen molar-refractivity contribution in [3.8, 4) is 0 Å². The average molecular weight is 502 g/mol. The lowest BCUT2D eigenvalue weighted by atomic mass is 10.1. The molecule has 1 aromatic heterocycles. The second kappa shape index (κ2) is 11.9. The fraction of sp³-hybridized carbons (Fsp3) is 0.423. The number of nitrogens with one attached hydrogen (secondary N) is 1. The number of benzene rings is 1. The van der Waals surface area contributed by atoms with Crippen LogP contribution in [0.15, 0.2) is 54.5 Å². The van der Waals surface area contributed by atoms with Gasteiger partial charge < -0.3 is 24.3 Å². The molecule has 3 rings (SSSR count). The van der Waals surface area contributed by atoms with Crippen molar-refractivity contribution in [3.63, 3.8) is 0 Å². The Hall–Kier alpha value is -3.33. The van der Waals surface area contributed by atoms with Crippen LogP contribution in [0.2, 0.25) is 0 Å². The van der Waals surface area contributed by atoms with E-state index in [1.165, 1.54) is 24.7 Å². The molecular formula is C26H31NO7S. The van der Waals surface area contributed by atoms with Gasteiger partial charge >= 0.3 is 11.9 Å². The molecule has 8 nitrogen and oxygen atoms in total. The van der Waals surface area contributed by atoms with Crippen molar-refractivity contribution in [2.24, 2.45) is 0 Å². The summed E-state index contributed by atoms with van der Waals surface area (Å²) in [5.74, 6) is -0.780. The molecule has 35 heavy (non-hydrogen) atoms. The van der Waals surface area contributed by atoms with Gasteiger partial charge in [-0.25, -0.2) is 0 Å². The van der Waals surface area contributed by atoms with E-state index in [-0.39, 0.29) is 24.7 Å². The zero-order chi connectivity index (χ0) is 25.4. The van der Waals surface area contributed by atoms with Crippen LogP contribution in [-0.2, 0) is 41.4 Å². The van der Waals surface area contributed by atoms with Crippen molar-refractivity contribution >= 4 is 29.2 Å².